The molecule has 0 fully saturated rings. The lowest BCUT2D eigenvalue weighted by molar-refractivity contribution is 0.112. The first-order valence-corrected chi connectivity index (χ1v) is 4.43. The number of hydrogen-bond acceptors (Lipinski definition) is 2. The SMILES string of the molecule is Nc1c(Br)cc(Br)cc1[14CH]=O. The molecule has 2 N–H and O–H groups in total. The molecule has 0 bridgehead atoms. The van der Waals surface area contributed by atoms with E-state index in [1.165, 1.54) is 0 Å². The Kier molecular flexibility index (Phi) is 2.67. The zero-order valence-corrected chi connectivity index (χ0v) is 8.65. The van der Waals surface area contributed by atoms with Crippen LogP contribution < -0.4 is 5.73 Å². The Bertz CT molecular complexity index is 299. The first-order valence-electron chi connectivity index (χ1n) is 2.85. The van der Waals surface area contributed by atoms with Crippen LogP contribution in [0.15, 0.2) is 21.1 Å². The van der Waals surface area contributed by atoms with E-state index >= 15 is 0 Å². The van der Waals surface area contributed by atoms with Crippen LogP contribution in [0.4, 0.5) is 5.69 Å². The summed E-state index contributed by atoms with van der Waals surface area (Å²) in [6, 6.07) is 3.47. The predicted molar refractivity (Wildman–Crippen MR) is 51.6 cm³/mol. The highest BCUT2D eigenvalue weighted by Gasteiger charge is 2.02. The van der Waals surface area contributed by atoms with Gasteiger partial charge in [0.15, 0.2) is 6.29 Å². The molecule has 2 nitrogen and oxygen atoms in total. The number of benzene rings is 1. The molecule has 0 amide bonds. The molecule has 1 aromatic rings. The minimum absolute atomic E-state index is 0.475. The molecule has 11 heavy (non-hydrogen) atoms. The lowest BCUT2D eigenvalue weighted by Gasteiger charge is -2.01. The molecule has 0 saturated heterocycles. The van der Waals surface area contributed by atoms with Crippen molar-refractivity contribution >= 4 is 43.8 Å². The monoisotopic (exact) mass is 279 g/mol. The lowest BCUT2D eigenvalue weighted by atomic mass is 10.3. The van der Waals surface area contributed by atoms with Crippen LogP contribution in [-0.2, 0) is 0 Å². The van der Waals surface area contributed by atoms with Gasteiger partial charge < -0.3 is 5.73 Å². The van der Waals surface area contributed by atoms with E-state index in [0.717, 1.165) is 15.2 Å². The molecule has 4 heteroatoms. The van der Waals surface area contributed by atoms with Crippen molar-refractivity contribution in [2.75, 3.05) is 5.73 Å². The maximum Gasteiger partial charge on any atom is 0.152 e. The molecule has 0 aliphatic rings. The first kappa shape index (κ1) is 8.74. The summed E-state index contributed by atoms with van der Waals surface area (Å²) in [6.45, 7) is 0. The van der Waals surface area contributed by atoms with Crippen LogP contribution in [0.25, 0.3) is 0 Å². The van der Waals surface area contributed by atoms with Crippen molar-refractivity contribution in [1.82, 2.24) is 0 Å². The largest absolute Gasteiger partial charge is 0.397 e. The molecule has 0 unspecified atom stereocenters. The normalized spacial score (nSPS) is 9.64. The molecule has 1 rings (SSSR count). The molecule has 0 aliphatic carbocycles. The van der Waals surface area contributed by atoms with Gasteiger partial charge in [-0.15, -0.1) is 0 Å². The molecular weight excluding hydrogens is 276 g/mol. The second-order valence-corrected chi connectivity index (χ2v) is 3.78. The molecule has 0 radical (unpaired) electrons. The summed E-state index contributed by atoms with van der Waals surface area (Å²) in [6.07, 6.45) is 0.727. The standard InChI is InChI=1S/C7H5Br2NO/c8-5-1-4(3-11)7(10)6(9)2-5/h1-3H,10H2/i3+2. The molecule has 0 aliphatic heterocycles. The van der Waals surface area contributed by atoms with Gasteiger partial charge in [0.1, 0.15) is 0 Å². The highest BCUT2D eigenvalue weighted by Crippen LogP contribution is 2.26. The summed E-state index contributed by atoms with van der Waals surface area (Å²) in [5.41, 5.74) is 6.53. The van der Waals surface area contributed by atoms with Crippen molar-refractivity contribution in [2.45, 2.75) is 0 Å². The Hall–Kier alpha value is -0.350. The maximum atomic E-state index is 10.4. The Morgan fingerprint density at radius 2 is 2.00 bits per heavy atom. The smallest absolute Gasteiger partial charge is 0.152 e. The zero-order valence-electron chi connectivity index (χ0n) is 5.47. The van der Waals surface area contributed by atoms with Crippen LogP contribution in [0.5, 0.6) is 0 Å². The number of anilines is 1. The third-order valence-electron chi connectivity index (χ3n) is 1.25. The third-order valence-corrected chi connectivity index (χ3v) is 2.37. The van der Waals surface area contributed by atoms with Crippen LogP contribution in [0.1, 0.15) is 10.4 Å². The van der Waals surface area contributed by atoms with Gasteiger partial charge in [0.2, 0.25) is 0 Å². The molecule has 58 valence electrons. The number of carbonyl (C=O) groups excluding carboxylic acids is 1. The van der Waals surface area contributed by atoms with Gasteiger partial charge in [-0.3, -0.25) is 4.79 Å². The van der Waals surface area contributed by atoms with Crippen molar-refractivity contribution in [2.24, 2.45) is 0 Å². The number of halogens is 2. The van der Waals surface area contributed by atoms with E-state index in [0.29, 0.717) is 11.3 Å². The van der Waals surface area contributed by atoms with Crippen LogP contribution in [0, 0.1) is 0 Å². The summed E-state index contributed by atoms with van der Waals surface area (Å²) in [5.74, 6) is 0. The van der Waals surface area contributed by atoms with Crippen LogP contribution >= 0.6 is 31.9 Å². The molecule has 1 aromatic carbocycles. The minimum atomic E-state index is 0.475. The van der Waals surface area contributed by atoms with Crippen molar-refractivity contribution in [3.05, 3.63) is 26.6 Å². The fraction of sp³-hybridized carbons (Fsp3) is 0. The second-order valence-electron chi connectivity index (χ2n) is 2.01. The van der Waals surface area contributed by atoms with E-state index in [2.05, 4.69) is 31.9 Å². The van der Waals surface area contributed by atoms with Crippen molar-refractivity contribution in [1.29, 1.82) is 0 Å². The molecular formula is C7H5Br2NO. The number of nitrogens with two attached hydrogens (primary N) is 1. The first-order chi connectivity index (χ1) is 5.15. The van der Waals surface area contributed by atoms with Crippen LogP contribution in [0.2, 0.25) is 0 Å². The summed E-state index contributed by atoms with van der Waals surface area (Å²) in [5, 5.41) is 0. The highest BCUT2D eigenvalue weighted by atomic mass is 79.9. The number of hydrogen-bond donors (Lipinski definition) is 1. The summed E-state index contributed by atoms with van der Waals surface area (Å²) in [7, 11) is 0. The third kappa shape index (κ3) is 1.81. The van der Waals surface area contributed by atoms with E-state index in [1.807, 2.05) is 0 Å². The highest BCUT2D eigenvalue weighted by molar-refractivity contribution is 9.11. The molecule has 0 heterocycles. The van der Waals surface area contributed by atoms with Crippen molar-refractivity contribution < 1.29 is 4.79 Å². The fourth-order valence-corrected chi connectivity index (χ4v) is 1.96. The summed E-state index contributed by atoms with van der Waals surface area (Å²) in [4.78, 5) is 10.4. The van der Waals surface area contributed by atoms with Gasteiger partial charge >= 0.3 is 0 Å². The van der Waals surface area contributed by atoms with Gasteiger partial charge in [-0.2, -0.15) is 0 Å². The van der Waals surface area contributed by atoms with Gasteiger partial charge in [-0.25, -0.2) is 0 Å². The van der Waals surface area contributed by atoms with Gasteiger partial charge in [0.05, 0.1) is 5.69 Å². The van der Waals surface area contributed by atoms with Gasteiger partial charge in [0, 0.05) is 14.5 Å². The quantitative estimate of drug-likeness (QED) is 0.635. The van der Waals surface area contributed by atoms with Gasteiger partial charge in [-0.1, -0.05) is 15.9 Å². The Balaban J connectivity index is 3.35. The lowest BCUT2D eigenvalue weighted by Crippen LogP contribution is -1.93. The van der Waals surface area contributed by atoms with Crippen molar-refractivity contribution in [3.63, 3.8) is 0 Å². The van der Waals surface area contributed by atoms with E-state index in [-0.39, 0.29) is 0 Å². The van der Waals surface area contributed by atoms with E-state index < -0.39 is 0 Å². The fourth-order valence-electron chi connectivity index (χ4n) is 0.702. The average Bonchev–Trinajstić information content (AvgIpc) is 1.96. The molecule has 0 atom stereocenters. The van der Waals surface area contributed by atoms with Gasteiger partial charge in [0.25, 0.3) is 0 Å². The second kappa shape index (κ2) is 3.36. The van der Waals surface area contributed by atoms with Crippen LogP contribution in [0.3, 0.4) is 0 Å². The van der Waals surface area contributed by atoms with Crippen LogP contribution in [-0.4, -0.2) is 6.29 Å². The van der Waals surface area contributed by atoms with E-state index in [1.54, 1.807) is 12.1 Å². The Morgan fingerprint density at radius 3 is 2.55 bits per heavy atom. The number of carbonyl (C=O) groups is 1. The average molecular weight is 281 g/mol. The molecule has 0 aromatic heterocycles. The molecule has 0 saturated carbocycles. The summed E-state index contributed by atoms with van der Waals surface area (Å²) >= 11 is 6.47. The number of rotatable bonds is 1. The van der Waals surface area contributed by atoms with E-state index in [4.69, 9.17) is 5.73 Å². The van der Waals surface area contributed by atoms with E-state index in [9.17, 15) is 4.79 Å². The van der Waals surface area contributed by atoms with Gasteiger partial charge in [-0.05, 0) is 28.1 Å². The predicted octanol–water partition coefficient (Wildman–Crippen LogP) is 2.61. The Labute approximate surface area is 81.0 Å². The summed E-state index contributed by atoms with van der Waals surface area (Å²) < 4.78 is 1.56. The Morgan fingerprint density at radius 1 is 1.36 bits per heavy atom. The minimum Gasteiger partial charge on any atom is -0.397 e. The zero-order chi connectivity index (χ0) is 8.43. The topological polar surface area (TPSA) is 43.1 Å². The number of nitrogen functional groups attached to an aromatic ring is 1. The molecule has 0 spiro atoms. The number of aldehydes is 1. The van der Waals surface area contributed by atoms with Crippen molar-refractivity contribution in [3.8, 4) is 0 Å². The maximum absolute atomic E-state index is 10.4.